The van der Waals surface area contributed by atoms with Crippen LogP contribution in [0.3, 0.4) is 0 Å². The van der Waals surface area contributed by atoms with E-state index in [0.29, 0.717) is 26.9 Å². The molecule has 0 radical (unpaired) electrons. The van der Waals surface area contributed by atoms with Gasteiger partial charge >= 0.3 is 6.03 Å². The molecule has 3 N–H and O–H groups in total. The van der Waals surface area contributed by atoms with Crippen LogP contribution in [0.5, 0.6) is 11.5 Å². The zero-order valence-corrected chi connectivity index (χ0v) is 19.9. The van der Waals surface area contributed by atoms with E-state index in [9.17, 15) is 19.2 Å². The zero-order valence-electron chi connectivity index (χ0n) is 16.7. The number of ether oxygens (including phenoxy) is 2. The number of hydrogen-bond donors (Lipinski definition) is 2. The average Bonchev–Trinajstić information content (AvgIpc) is 2.71. The molecule has 11 heteroatoms. The van der Waals surface area contributed by atoms with Crippen molar-refractivity contribution in [2.75, 3.05) is 18.1 Å². The number of carbonyl (C=O) groups is 4. The van der Waals surface area contributed by atoms with Gasteiger partial charge in [0.15, 0.2) is 6.61 Å². The van der Waals surface area contributed by atoms with E-state index >= 15 is 0 Å². The number of halogens is 2. The van der Waals surface area contributed by atoms with Gasteiger partial charge in [0.2, 0.25) is 0 Å². The third kappa shape index (κ3) is 5.17. The smallest absolute Gasteiger partial charge is 0.335 e. The fourth-order valence-electron chi connectivity index (χ4n) is 2.89. The molecule has 1 aliphatic heterocycles. The molecule has 2 aromatic rings. The van der Waals surface area contributed by atoms with Gasteiger partial charge in [-0.15, -0.1) is 0 Å². The Bertz CT molecular complexity index is 1130. The van der Waals surface area contributed by atoms with Crippen LogP contribution in [0.25, 0.3) is 6.08 Å². The lowest BCUT2D eigenvalue weighted by atomic mass is 10.1. The normalized spacial score (nSPS) is 15.0. The Hall–Kier alpha value is -3.18. The fourth-order valence-corrected chi connectivity index (χ4v) is 4.26. The average molecular weight is 567 g/mol. The first-order chi connectivity index (χ1) is 15.2. The minimum absolute atomic E-state index is 0.199. The summed E-state index contributed by atoms with van der Waals surface area (Å²) in [6, 6.07) is 8.67. The Labute approximate surface area is 199 Å². The molecule has 0 unspecified atom stereocenters. The van der Waals surface area contributed by atoms with Gasteiger partial charge in [0.05, 0.1) is 16.8 Å². The fraction of sp³-hybridized carbons (Fsp3) is 0.143. The number of urea groups is 1. The third-order valence-electron chi connectivity index (χ3n) is 4.20. The molecular formula is C21H17Br2N3O6. The van der Waals surface area contributed by atoms with Gasteiger partial charge in [0, 0.05) is 10.0 Å². The van der Waals surface area contributed by atoms with E-state index in [-0.39, 0.29) is 17.0 Å². The van der Waals surface area contributed by atoms with Crippen molar-refractivity contribution < 1.29 is 28.7 Å². The molecular weight excluding hydrogens is 550 g/mol. The highest BCUT2D eigenvalue weighted by atomic mass is 79.9. The second-order valence-electron chi connectivity index (χ2n) is 6.45. The number of amides is 5. The molecule has 3 rings (SSSR count). The number of benzene rings is 2. The molecule has 166 valence electrons. The summed E-state index contributed by atoms with van der Waals surface area (Å²) in [6.07, 6.45) is 1.28. The number of barbiturate groups is 1. The van der Waals surface area contributed by atoms with Crippen LogP contribution in [0.4, 0.5) is 10.5 Å². The van der Waals surface area contributed by atoms with Crippen molar-refractivity contribution in [2.45, 2.75) is 6.92 Å². The van der Waals surface area contributed by atoms with E-state index in [1.807, 2.05) is 6.92 Å². The number of nitrogens with one attached hydrogen (secondary N) is 1. The van der Waals surface area contributed by atoms with Gasteiger partial charge in [-0.2, -0.15) is 0 Å². The second-order valence-corrected chi connectivity index (χ2v) is 8.22. The van der Waals surface area contributed by atoms with Crippen molar-refractivity contribution >= 4 is 67.4 Å². The van der Waals surface area contributed by atoms with Crippen LogP contribution in [0.15, 0.2) is 50.9 Å². The molecule has 0 aromatic heterocycles. The molecule has 0 spiro atoms. The molecule has 9 nitrogen and oxygen atoms in total. The van der Waals surface area contributed by atoms with E-state index < -0.39 is 30.4 Å². The first-order valence-electron chi connectivity index (χ1n) is 9.25. The van der Waals surface area contributed by atoms with Gasteiger partial charge in [-0.25, -0.2) is 9.69 Å². The number of imide groups is 2. The van der Waals surface area contributed by atoms with E-state index in [1.165, 1.54) is 18.2 Å². The van der Waals surface area contributed by atoms with Crippen molar-refractivity contribution in [1.29, 1.82) is 0 Å². The predicted octanol–water partition coefficient (Wildman–Crippen LogP) is 3.14. The Morgan fingerprint density at radius 1 is 1.12 bits per heavy atom. The number of hydrogen-bond acceptors (Lipinski definition) is 6. The molecule has 0 bridgehead atoms. The predicted molar refractivity (Wildman–Crippen MR) is 123 cm³/mol. The van der Waals surface area contributed by atoms with Gasteiger partial charge in [0.25, 0.3) is 17.7 Å². The Morgan fingerprint density at radius 3 is 2.44 bits per heavy atom. The summed E-state index contributed by atoms with van der Waals surface area (Å²) >= 11 is 6.65. The SMILES string of the molecule is CCOc1ccc(N2C(=O)NC(=O)/C(=C\c3cc(Br)cc(Br)c3OCC(N)=O)C2=O)cc1. The summed E-state index contributed by atoms with van der Waals surface area (Å²) in [5, 5.41) is 2.16. The maximum absolute atomic E-state index is 13.1. The molecule has 5 amide bonds. The summed E-state index contributed by atoms with van der Waals surface area (Å²) in [7, 11) is 0. The quantitative estimate of drug-likeness (QED) is 0.391. The number of nitrogens with two attached hydrogens (primary N) is 1. The highest BCUT2D eigenvalue weighted by Crippen LogP contribution is 2.35. The minimum atomic E-state index is -0.873. The van der Waals surface area contributed by atoms with Crippen molar-refractivity contribution in [3.05, 3.63) is 56.5 Å². The van der Waals surface area contributed by atoms with Crippen LogP contribution >= 0.6 is 31.9 Å². The Kier molecular flexibility index (Phi) is 7.31. The highest BCUT2D eigenvalue weighted by molar-refractivity contribution is 9.11. The molecule has 0 saturated carbocycles. The number of rotatable bonds is 7. The third-order valence-corrected chi connectivity index (χ3v) is 5.25. The first-order valence-corrected chi connectivity index (χ1v) is 10.8. The zero-order chi connectivity index (χ0) is 23.4. The maximum Gasteiger partial charge on any atom is 0.335 e. The number of nitrogens with zero attached hydrogens (tertiary/aromatic N) is 1. The van der Waals surface area contributed by atoms with Gasteiger partial charge in [-0.3, -0.25) is 19.7 Å². The van der Waals surface area contributed by atoms with Crippen molar-refractivity contribution in [2.24, 2.45) is 5.73 Å². The second kappa shape index (κ2) is 9.96. The summed E-state index contributed by atoms with van der Waals surface area (Å²) < 4.78 is 11.9. The molecule has 0 atom stereocenters. The topological polar surface area (TPSA) is 128 Å². The standard InChI is InChI=1S/C21H17Br2N3O6/c1-2-31-14-5-3-13(4-6-14)26-20(29)15(19(28)25-21(26)30)8-11-7-12(22)9-16(23)18(11)32-10-17(24)27/h3-9H,2,10H2,1H3,(H2,24,27)(H,25,28,30)/b15-8+. The summed E-state index contributed by atoms with van der Waals surface area (Å²) in [6.45, 7) is 1.89. The number of carbonyl (C=O) groups excluding carboxylic acids is 4. The largest absolute Gasteiger partial charge is 0.494 e. The van der Waals surface area contributed by atoms with E-state index in [1.54, 1.807) is 24.3 Å². The first kappa shape index (κ1) is 23.5. The van der Waals surface area contributed by atoms with Crippen LogP contribution < -0.4 is 25.4 Å². The summed E-state index contributed by atoms with van der Waals surface area (Å²) in [5.41, 5.74) is 5.42. The van der Waals surface area contributed by atoms with E-state index in [2.05, 4.69) is 37.2 Å². The van der Waals surface area contributed by atoms with Crippen molar-refractivity contribution in [3.8, 4) is 11.5 Å². The van der Waals surface area contributed by atoms with Gasteiger partial charge < -0.3 is 15.2 Å². The minimum Gasteiger partial charge on any atom is -0.494 e. The highest BCUT2D eigenvalue weighted by Gasteiger charge is 2.37. The molecule has 0 aliphatic carbocycles. The van der Waals surface area contributed by atoms with Crippen LogP contribution in [0.2, 0.25) is 0 Å². The Morgan fingerprint density at radius 2 is 1.81 bits per heavy atom. The molecule has 1 aliphatic rings. The molecule has 32 heavy (non-hydrogen) atoms. The molecule has 1 heterocycles. The maximum atomic E-state index is 13.1. The summed E-state index contributed by atoms with van der Waals surface area (Å²) in [4.78, 5) is 50.0. The van der Waals surface area contributed by atoms with Crippen molar-refractivity contribution in [3.63, 3.8) is 0 Å². The molecule has 2 aromatic carbocycles. The number of primary amides is 1. The number of anilines is 1. The van der Waals surface area contributed by atoms with Crippen LogP contribution in [-0.2, 0) is 14.4 Å². The monoisotopic (exact) mass is 565 g/mol. The van der Waals surface area contributed by atoms with Crippen LogP contribution in [0.1, 0.15) is 12.5 Å². The van der Waals surface area contributed by atoms with E-state index in [4.69, 9.17) is 15.2 Å². The molecule has 1 fully saturated rings. The van der Waals surface area contributed by atoms with Gasteiger partial charge in [-0.05, 0) is 65.3 Å². The lowest BCUT2D eigenvalue weighted by Crippen LogP contribution is -2.54. The van der Waals surface area contributed by atoms with Crippen LogP contribution in [0, 0.1) is 0 Å². The Balaban J connectivity index is 2.02. The summed E-state index contributed by atoms with van der Waals surface area (Å²) in [5.74, 6) is -1.61. The van der Waals surface area contributed by atoms with Gasteiger partial charge in [-0.1, -0.05) is 15.9 Å². The van der Waals surface area contributed by atoms with Gasteiger partial charge in [0.1, 0.15) is 17.1 Å². The molecule has 1 saturated heterocycles. The van der Waals surface area contributed by atoms with Crippen LogP contribution in [-0.4, -0.2) is 37.0 Å². The van der Waals surface area contributed by atoms with E-state index in [0.717, 1.165) is 4.90 Å². The lowest BCUT2D eigenvalue weighted by molar-refractivity contribution is -0.123. The lowest BCUT2D eigenvalue weighted by Gasteiger charge is -2.26. The van der Waals surface area contributed by atoms with Crippen molar-refractivity contribution in [1.82, 2.24) is 5.32 Å².